The van der Waals surface area contributed by atoms with Crippen molar-refractivity contribution in [3.8, 4) is 44.9 Å². The lowest BCUT2D eigenvalue weighted by Crippen LogP contribution is -2.30. The highest BCUT2D eigenvalue weighted by atomic mass is 16.3. The minimum atomic E-state index is -0.208. The lowest BCUT2D eigenvalue weighted by Gasteiger charge is -2.24. The molecule has 0 bridgehead atoms. The number of benzene rings is 4. The maximum atomic E-state index is 6.80. The van der Waals surface area contributed by atoms with Crippen LogP contribution in [0.4, 0.5) is 0 Å². The van der Waals surface area contributed by atoms with Crippen LogP contribution in [0.1, 0.15) is 109 Å². The summed E-state index contributed by atoms with van der Waals surface area (Å²) < 4.78 is 9.03. The van der Waals surface area contributed by atoms with E-state index in [1.54, 1.807) is 0 Å². The van der Waals surface area contributed by atoms with Crippen molar-refractivity contribution in [2.75, 3.05) is 0 Å². The Labute approximate surface area is 315 Å². The Bertz CT molecular complexity index is 2430. The molecule has 0 amide bonds. The van der Waals surface area contributed by atoms with Crippen LogP contribution in [0, 0.1) is 6.92 Å². The highest BCUT2D eigenvalue weighted by molar-refractivity contribution is 6.10. The standard InChI is InChI=1S/C48H53N4O/c1-28(2)37-24-34(44-49-45(47(6,7)8)51-46(50-44)48(9,10)11)25-38(29(3)4)42(37)33-22-23-52(12)39(26-33)41-30(5)18-20-36-35-21-19-32(27-40(35)53-43(36)41)31-16-14-13-15-17-31/h13-29H,1-12H3/q+1. The molecule has 5 nitrogen and oxygen atoms in total. The molecule has 0 saturated carbocycles. The Morgan fingerprint density at radius 1 is 0.585 bits per heavy atom. The van der Waals surface area contributed by atoms with E-state index in [1.807, 2.05) is 0 Å². The lowest BCUT2D eigenvalue weighted by atomic mass is 9.83. The van der Waals surface area contributed by atoms with Crippen LogP contribution in [0.3, 0.4) is 0 Å². The van der Waals surface area contributed by atoms with Gasteiger partial charge in [-0.05, 0) is 82.0 Å². The van der Waals surface area contributed by atoms with Gasteiger partial charge in [-0.25, -0.2) is 19.5 Å². The molecule has 7 rings (SSSR count). The first kappa shape index (κ1) is 36.2. The van der Waals surface area contributed by atoms with E-state index in [4.69, 9.17) is 19.4 Å². The second kappa shape index (κ2) is 13.4. The molecular weight excluding hydrogens is 649 g/mol. The molecule has 0 fully saturated rings. The van der Waals surface area contributed by atoms with Gasteiger partial charge in [-0.1, -0.05) is 118 Å². The molecule has 0 aliphatic carbocycles. The van der Waals surface area contributed by atoms with Crippen molar-refractivity contribution in [3.63, 3.8) is 0 Å². The summed E-state index contributed by atoms with van der Waals surface area (Å²) in [6.45, 7) is 24.3. The van der Waals surface area contributed by atoms with Gasteiger partial charge in [0, 0.05) is 39.3 Å². The zero-order valence-electron chi connectivity index (χ0n) is 33.5. The van der Waals surface area contributed by atoms with Gasteiger partial charge in [-0.3, -0.25) is 0 Å². The number of fused-ring (bicyclic) bond motifs is 3. The molecule has 5 heteroatoms. The summed E-state index contributed by atoms with van der Waals surface area (Å²) >= 11 is 0. The Balaban J connectivity index is 1.43. The van der Waals surface area contributed by atoms with E-state index in [1.165, 1.54) is 33.4 Å². The van der Waals surface area contributed by atoms with E-state index in [2.05, 4.69) is 179 Å². The molecule has 0 aliphatic rings. The van der Waals surface area contributed by atoms with E-state index >= 15 is 0 Å². The monoisotopic (exact) mass is 701 g/mol. The molecule has 0 atom stereocenters. The number of hydrogen-bond acceptors (Lipinski definition) is 4. The predicted octanol–water partition coefficient (Wildman–Crippen LogP) is 12.4. The quantitative estimate of drug-likeness (QED) is 0.162. The van der Waals surface area contributed by atoms with Crippen molar-refractivity contribution in [1.29, 1.82) is 0 Å². The maximum absolute atomic E-state index is 6.80. The number of rotatable bonds is 6. The first-order chi connectivity index (χ1) is 25.0. The molecule has 53 heavy (non-hydrogen) atoms. The molecule has 0 radical (unpaired) electrons. The summed E-state index contributed by atoms with van der Waals surface area (Å²) in [7, 11) is 2.13. The van der Waals surface area contributed by atoms with Crippen LogP contribution in [-0.2, 0) is 17.9 Å². The van der Waals surface area contributed by atoms with Crippen LogP contribution in [0.2, 0.25) is 0 Å². The van der Waals surface area contributed by atoms with Crippen LogP contribution in [0.15, 0.2) is 95.5 Å². The minimum Gasteiger partial charge on any atom is -0.455 e. The third-order valence-electron chi connectivity index (χ3n) is 10.3. The Kier molecular flexibility index (Phi) is 9.13. The molecule has 3 heterocycles. The van der Waals surface area contributed by atoms with Crippen LogP contribution in [0.5, 0.6) is 0 Å². The van der Waals surface area contributed by atoms with E-state index in [0.717, 1.165) is 61.8 Å². The van der Waals surface area contributed by atoms with E-state index < -0.39 is 0 Å². The lowest BCUT2D eigenvalue weighted by molar-refractivity contribution is -0.660. The van der Waals surface area contributed by atoms with Crippen LogP contribution in [0.25, 0.3) is 66.8 Å². The third kappa shape index (κ3) is 6.78. The number of aromatic nitrogens is 4. The smallest absolute Gasteiger partial charge is 0.216 e. The molecule has 270 valence electrons. The fourth-order valence-corrected chi connectivity index (χ4v) is 7.28. The van der Waals surface area contributed by atoms with Crippen molar-refractivity contribution in [2.24, 2.45) is 7.05 Å². The van der Waals surface area contributed by atoms with Gasteiger partial charge < -0.3 is 4.42 Å². The fourth-order valence-electron chi connectivity index (χ4n) is 7.28. The first-order valence-electron chi connectivity index (χ1n) is 19.0. The van der Waals surface area contributed by atoms with Gasteiger partial charge in [0.1, 0.15) is 29.9 Å². The number of nitrogens with zero attached hydrogens (tertiary/aromatic N) is 4. The molecule has 7 aromatic rings. The molecule has 3 aromatic heterocycles. The van der Waals surface area contributed by atoms with Crippen LogP contribution in [-0.4, -0.2) is 15.0 Å². The van der Waals surface area contributed by atoms with E-state index in [-0.39, 0.29) is 22.7 Å². The SMILES string of the molecule is Cc1ccc2c(oc3cc(-c4ccccc4)ccc32)c1-c1cc(-c2c(C(C)C)cc(-c3nc(C(C)(C)C)nc(C(C)(C)C)n3)cc2C(C)C)cc[n+]1C. The fraction of sp³-hybridized carbons (Fsp3) is 0.333. The van der Waals surface area contributed by atoms with Crippen molar-refractivity contribution in [3.05, 3.63) is 119 Å². The number of pyridine rings is 1. The highest BCUT2D eigenvalue weighted by Crippen LogP contribution is 2.43. The summed E-state index contributed by atoms with van der Waals surface area (Å²) in [6, 6.07) is 30.8. The van der Waals surface area contributed by atoms with Crippen LogP contribution >= 0.6 is 0 Å². The van der Waals surface area contributed by atoms with Crippen molar-refractivity contribution >= 4 is 21.9 Å². The minimum absolute atomic E-state index is 0.208. The number of furan rings is 1. The van der Waals surface area contributed by atoms with Gasteiger partial charge in [0.15, 0.2) is 12.0 Å². The normalized spacial score (nSPS) is 12.5. The van der Waals surface area contributed by atoms with Gasteiger partial charge in [-0.2, -0.15) is 0 Å². The molecule has 0 N–H and O–H groups in total. The highest BCUT2D eigenvalue weighted by Gasteiger charge is 2.28. The number of hydrogen-bond donors (Lipinski definition) is 0. The van der Waals surface area contributed by atoms with E-state index in [0.29, 0.717) is 0 Å². The second-order valence-corrected chi connectivity index (χ2v) is 17.4. The third-order valence-corrected chi connectivity index (χ3v) is 10.3. The van der Waals surface area contributed by atoms with Gasteiger partial charge >= 0.3 is 0 Å². The summed E-state index contributed by atoms with van der Waals surface area (Å²) in [5, 5.41) is 2.25. The Morgan fingerprint density at radius 3 is 1.77 bits per heavy atom. The summed E-state index contributed by atoms with van der Waals surface area (Å²) in [5.74, 6) is 2.92. The van der Waals surface area contributed by atoms with Crippen molar-refractivity contribution in [1.82, 2.24) is 15.0 Å². The summed E-state index contributed by atoms with van der Waals surface area (Å²) in [5.41, 5.74) is 13.2. The molecule has 4 aromatic carbocycles. The summed E-state index contributed by atoms with van der Waals surface area (Å²) in [4.78, 5) is 15.2. The van der Waals surface area contributed by atoms with Gasteiger partial charge in [-0.15, -0.1) is 0 Å². The number of aryl methyl sites for hydroxylation is 2. The average molecular weight is 702 g/mol. The zero-order valence-corrected chi connectivity index (χ0v) is 33.5. The predicted molar refractivity (Wildman–Crippen MR) is 220 cm³/mol. The van der Waals surface area contributed by atoms with Crippen LogP contribution < -0.4 is 4.57 Å². The Hall–Kier alpha value is -5.16. The Morgan fingerprint density at radius 2 is 1.19 bits per heavy atom. The van der Waals surface area contributed by atoms with Gasteiger partial charge in [0.25, 0.3) is 0 Å². The molecular formula is C48H53N4O+. The van der Waals surface area contributed by atoms with E-state index in [9.17, 15) is 0 Å². The van der Waals surface area contributed by atoms with Gasteiger partial charge in [0.2, 0.25) is 5.69 Å². The molecule has 0 aliphatic heterocycles. The summed E-state index contributed by atoms with van der Waals surface area (Å²) in [6.07, 6.45) is 2.19. The largest absolute Gasteiger partial charge is 0.455 e. The van der Waals surface area contributed by atoms with Crippen molar-refractivity contribution < 1.29 is 8.98 Å². The second-order valence-electron chi connectivity index (χ2n) is 17.4. The molecule has 0 spiro atoms. The van der Waals surface area contributed by atoms with Crippen molar-refractivity contribution in [2.45, 2.75) is 98.8 Å². The molecule has 0 saturated heterocycles. The topological polar surface area (TPSA) is 55.7 Å². The zero-order chi connectivity index (χ0) is 38.0. The molecule has 0 unspecified atom stereocenters. The maximum Gasteiger partial charge on any atom is 0.216 e. The van der Waals surface area contributed by atoms with Gasteiger partial charge in [0.05, 0.1) is 5.56 Å². The first-order valence-corrected chi connectivity index (χ1v) is 19.0. The average Bonchev–Trinajstić information content (AvgIpc) is 3.48.